The van der Waals surface area contributed by atoms with Crippen molar-refractivity contribution in [3.05, 3.63) is 29.6 Å². The molecule has 2 amide bonds. The summed E-state index contributed by atoms with van der Waals surface area (Å²) in [6.45, 7) is 0.821. The summed E-state index contributed by atoms with van der Waals surface area (Å²) in [6.07, 6.45) is 1.45. The first-order chi connectivity index (χ1) is 8.56. The Balaban J connectivity index is 2.58. The predicted molar refractivity (Wildman–Crippen MR) is 66.3 cm³/mol. The van der Waals surface area contributed by atoms with E-state index in [0.717, 1.165) is 5.69 Å². The van der Waals surface area contributed by atoms with E-state index in [-0.39, 0.29) is 11.8 Å². The number of likely N-dealkylation sites (N-methyl/N-ethyl adjacent to an activating group) is 2. The summed E-state index contributed by atoms with van der Waals surface area (Å²) >= 11 is 0. The van der Waals surface area contributed by atoms with Gasteiger partial charge in [-0.1, -0.05) is 0 Å². The van der Waals surface area contributed by atoms with Crippen LogP contribution >= 0.6 is 0 Å². The monoisotopic (exact) mass is 251 g/mol. The molecule has 0 aliphatic carbocycles. The van der Waals surface area contributed by atoms with Crippen LogP contribution in [0.2, 0.25) is 0 Å². The molecule has 7 nitrogen and oxygen atoms in total. The summed E-state index contributed by atoms with van der Waals surface area (Å²) in [6, 6.07) is 3.36. The third kappa shape index (κ3) is 4.11. The molecule has 0 aliphatic heterocycles. The highest BCUT2D eigenvalue weighted by Crippen LogP contribution is 2.02. The number of pyridine rings is 1. The first-order valence-electron chi connectivity index (χ1n) is 5.41. The van der Waals surface area contributed by atoms with Crippen LogP contribution in [0, 0.1) is 0 Å². The Labute approximate surface area is 105 Å². The van der Waals surface area contributed by atoms with Crippen molar-refractivity contribution in [2.75, 3.05) is 20.6 Å². The second-order valence-electron chi connectivity index (χ2n) is 3.86. The molecule has 18 heavy (non-hydrogen) atoms. The van der Waals surface area contributed by atoms with Crippen molar-refractivity contribution in [1.29, 1.82) is 0 Å². The summed E-state index contributed by atoms with van der Waals surface area (Å²) < 4.78 is 0. The Kier molecular flexibility index (Phi) is 5.22. The second kappa shape index (κ2) is 6.67. The molecule has 0 saturated heterocycles. The van der Waals surface area contributed by atoms with Crippen molar-refractivity contribution in [2.45, 2.75) is 6.54 Å². The zero-order chi connectivity index (χ0) is 13.5. The fraction of sp³-hybridized carbons (Fsp3) is 0.364. The van der Waals surface area contributed by atoms with Gasteiger partial charge in [0.2, 0.25) is 5.91 Å². The average Bonchev–Trinajstić information content (AvgIpc) is 2.38. The smallest absolute Gasteiger partial charge is 0.266 e. The predicted octanol–water partition coefficient (Wildman–Crippen LogP) is -1.14. The second-order valence-corrected chi connectivity index (χ2v) is 3.86. The molecule has 1 heterocycles. The van der Waals surface area contributed by atoms with Gasteiger partial charge in [-0.05, 0) is 19.2 Å². The van der Waals surface area contributed by atoms with Crippen LogP contribution in [-0.2, 0) is 11.3 Å². The van der Waals surface area contributed by atoms with Crippen LogP contribution in [0.25, 0.3) is 0 Å². The highest BCUT2D eigenvalue weighted by atomic mass is 16.2. The van der Waals surface area contributed by atoms with Gasteiger partial charge in [-0.15, -0.1) is 0 Å². The molecule has 0 radical (unpaired) electrons. The van der Waals surface area contributed by atoms with Crippen molar-refractivity contribution in [3.63, 3.8) is 0 Å². The quantitative estimate of drug-likeness (QED) is 0.349. The van der Waals surface area contributed by atoms with E-state index in [1.54, 1.807) is 19.2 Å². The lowest BCUT2D eigenvalue weighted by molar-refractivity contribution is -0.121. The number of hydrogen-bond acceptors (Lipinski definition) is 5. The van der Waals surface area contributed by atoms with Gasteiger partial charge < -0.3 is 5.32 Å². The van der Waals surface area contributed by atoms with E-state index in [2.05, 4.69) is 10.3 Å². The molecule has 0 saturated carbocycles. The van der Waals surface area contributed by atoms with E-state index in [0.29, 0.717) is 18.7 Å². The molecule has 4 N–H and O–H groups in total. The topological polar surface area (TPSA) is 100 Å². The van der Waals surface area contributed by atoms with Crippen molar-refractivity contribution in [1.82, 2.24) is 20.6 Å². The molecule has 7 heteroatoms. The lowest BCUT2D eigenvalue weighted by Gasteiger charge is -2.14. The molecular weight excluding hydrogens is 234 g/mol. The van der Waals surface area contributed by atoms with Gasteiger partial charge in [0.15, 0.2) is 0 Å². The Morgan fingerprint density at radius 3 is 2.67 bits per heavy atom. The fourth-order valence-electron chi connectivity index (χ4n) is 1.39. The van der Waals surface area contributed by atoms with Gasteiger partial charge in [0, 0.05) is 19.8 Å². The third-order valence-electron chi connectivity index (χ3n) is 2.34. The number of hydrazine groups is 1. The molecule has 98 valence electrons. The minimum Gasteiger partial charge on any atom is -0.358 e. The van der Waals surface area contributed by atoms with Crippen molar-refractivity contribution < 1.29 is 9.59 Å². The van der Waals surface area contributed by atoms with Crippen LogP contribution in [0.3, 0.4) is 0 Å². The molecule has 0 unspecified atom stereocenters. The highest BCUT2D eigenvalue weighted by Gasteiger charge is 2.07. The highest BCUT2D eigenvalue weighted by molar-refractivity contribution is 5.93. The molecule has 1 aromatic rings. The van der Waals surface area contributed by atoms with E-state index in [1.807, 2.05) is 17.4 Å². The summed E-state index contributed by atoms with van der Waals surface area (Å²) in [5.41, 5.74) is 3.20. The largest absolute Gasteiger partial charge is 0.358 e. The molecule has 0 bridgehead atoms. The molecular formula is C11H17N5O2. The normalized spacial score (nSPS) is 10.2. The van der Waals surface area contributed by atoms with Crippen LogP contribution in [0.15, 0.2) is 18.3 Å². The zero-order valence-electron chi connectivity index (χ0n) is 10.4. The van der Waals surface area contributed by atoms with Gasteiger partial charge in [-0.2, -0.15) is 0 Å². The van der Waals surface area contributed by atoms with Crippen molar-refractivity contribution in [2.24, 2.45) is 5.84 Å². The van der Waals surface area contributed by atoms with Crippen LogP contribution in [0.1, 0.15) is 16.1 Å². The molecule has 0 fully saturated rings. The van der Waals surface area contributed by atoms with Crippen molar-refractivity contribution in [3.8, 4) is 0 Å². The maximum atomic E-state index is 11.2. The van der Waals surface area contributed by atoms with Gasteiger partial charge in [-0.25, -0.2) is 5.84 Å². The Hall–Kier alpha value is -1.99. The van der Waals surface area contributed by atoms with Gasteiger partial charge in [0.25, 0.3) is 5.91 Å². The molecule has 0 atom stereocenters. The first kappa shape index (κ1) is 14.1. The van der Waals surface area contributed by atoms with Crippen molar-refractivity contribution >= 4 is 11.8 Å². The summed E-state index contributed by atoms with van der Waals surface area (Å²) in [5.74, 6) is 4.57. The van der Waals surface area contributed by atoms with E-state index in [1.165, 1.54) is 6.20 Å². The van der Waals surface area contributed by atoms with E-state index < -0.39 is 0 Å². The number of nitrogens with one attached hydrogen (secondary N) is 2. The maximum absolute atomic E-state index is 11.2. The summed E-state index contributed by atoms with van der Waals surface area (Å²) in [7, 11) is 3.41. The van der Waals surface area contributed by atoms with Gasteiger partial charge in [0.05, 0.1) is 17.8 Å². The SMILES string of the molecule is CNC(=O)CN(C)Cc1ccc(C(=O)NN)cn1. The van der Waals surface area contributed by atoms with Gasteiger partial charge >= 0.3 is 0 Å². The van der Waals surface area contributed by atoms with Gasteiger partial charge in [-0.3, -0.25) is 24.9 Å². The molecule has 1 rings (SSSR count). The fourth-order valence-corrected chi connectivity index (χ4v) is 1.39. The molecule has 1 aromatic heterocycles. The maximum Gasteiger partial charge on any atom is 0.266 e. The number of carbonyl (C=O) groups is 2. The lowest BCUT2D eigenvalue weighted by atomic mass is 10.2. The Morgan fingerprint density at radius 2 is 2.17 bits per heavy atom. The number of nitrogens with zero attached hydrogens (tertiary/aromatic N) is 2. The lowest BCUT2D eigenvalue weighted by Crippen LogP contribution is -2.33. The number of rotatable bonds is 5. The van der Waals surface area contributed by atoms with Crippen LogP contribution in [-0.4, -0.2) is 42.3 Å². The molecule has 0 spiro atoms. The number of nitrogens with two attached hydrogens (primary N) is 1. The first-order valence-corrected chi connectivity index (χ1v) is 5.41. The Bertz CT molecular complexity index is 418. The number of aromatic nitrogens is 1. The molecule has 0 aliphatic rings. The van der Waals surface area contributed by atoms with Gasteiger partial charge in [0.1, 0.15) is 0 Å². The minimum absolute atomic E-state index is 0.0587. The summed E-state index contributed by atoms with van der Waals surface area (Å²) in [5, 5.41) is 2.55. The van der Waals surface area contributed by atoms with Crippen LogP contribution < -0.4 is 16.6 Å². The average molecular weight is 251 g/mol. The van der Waals surface area contributed by atoms with Crippen LogP contribution in [0.4, 0.5) is 0 Å². The number of hydrogen-bond donors (Lipinski definition) is 3. The minimum atomic E-state index is -0.382. The van der Waals surface area contributed by atoms with Crippen LogP contribution in [0.5, 0.6) is 0 Å². The Morgan fingerprint density at radius 1 is 1.44 bits per heavy atom. The summed E-state index contributed by atoms with van der Waals surface area (Å²) in [4.78, 5) is 28.3. The number of nitrogen functional groups attached to an aromatic ring is 1. The standard InChI is InChI=1S/C11H17N5O2/c1-13-10(17)7-16(2)6-9-4-3-8(5-14-9)11(18)15-12/h3-5H,6-7,12H2,1-2H3,(H,13,17)(H,15,18). The third-order valence-corrected chi connectivity index (χ3v) is 2.34. The molecule has 0 aromatic carbocycles. The number of amides is 2. The number of carbonyl (C=O) groups excluding carboxylic acids is 2. The van der Waals surface area contributed by atoms with E-state index in [4.69, 9.17) is 5.84 Å². The van der Waals surface area contributed by atoms with E-state index >= 15 is 0 Å². The van der Waals surface area contributed by atoms with E-state index in [9.17, 15) is 9.59 Å². The zero-order valence-corrected chi connectivity index (χ0v) is 10.4.